The number of nitrogens with zero attached hydrogens (tertiary/aromatic N) is 2. The van der Waals surface area contributed by atoms with Crippen LogP contribution in [0.5, 0.6) is 5.75 Å². The van der Waals surface area contributed by atoms with Gasteiger partial charge in [-0.3, -0.25) is 4.79 Å². The first-order valence-electron chi connectivity index (χ1n) is 9.48. The second-order valence-electron chi connectivity index (χ2n) is 6.68. The molecule has 1 N–H and O–H groups in total. The van der Waals surface area contributed by atoms with Crippen molar-refractivity contribution in [1.29, 1.82) is 0 Å². The Morgan fingerprint density at radius 1 is 1.00 bits per heavy atom. The zero-order chi connectivity index (χ0) is 20.6. The third-order valence-corrected chi connectivity index (χ3v) is 4.99. The van der Waals surface area contributed by atoms with Crippen LogP contribution in [-0.4, -0.2) is 55.0 Å². The van der Waals surface area contributed by atoms with Crippen molar-refractivity contribution < 1.29 is 14.3 Å². The van der Waals surface area contributed by atoms with Crippen molar-refractivity contribution in [1.82, 2.24) is 9.80 Å². The maximum absolute atomic E-state index is 12.6. The second kappa shape index (κ2) is 9.98. The first kappa shape index (κ1) is 20.7. The molecule has 0 saturated carbocycles. The molecule has 7 heteroatoms. The van der Waals surface area contributed by atoms with Crippen LogP contribution in [0.25, 0.3) is 6.08 Å². The zero-order valence-corrected chi connectivity index (χ0v) is 17.1. The quantitative estimate of drug-likeness (QED) is 0.766. The van der Waals surface area contributed by atoms with E-state index in [0.29, 0.717) is 36.9 Å². The number of hydrogen-bond acceptors (Lipinski definition) is 3. The van der Waals surface area contributed by atoms with Gasteiger partial charge in [0.2, 0.25) is 5.91 Å². The van der Waals surface area contributed by atoms with Gasteiger partial charge >= 0.3 is 6.03 Å². The molecule has 0 spiro atoms. The molecule has 1 heterocycles. The lowest BCUT2D eigenvalue weighted by atomic mass is 10.2. The molecule has 6 nitrogen and oxygen atoms in total. The number of anilines is 1. The van der Waals surface area contributed by atoms with Crippen LogP contribution in [0, 0.1) is 0 Å². The fourth-order valence-corrected chi connectivity index (χ4v) is 3.27. The van der Waals surface area contributed by atoms with Crippen molar-refractivity contribution in [2.75, 3.05) is 38.6 Å². The Balaban J connectivity index is 1.56. The number of amides is 3. The van der Waals surface area contributed by atoms with Gasteiger partial charge in [-0.05, 0) is 42.8 Å². The number of hydrogen-bond donors (Lipinski definition) is 1. The third-order valence-electron chi connectivity index (χ3n) is 4.73. The van der Waals surface area contributed by atoms with Crippen LogP contribution in [0.15, 0.2) is 54.6 Å². The van der Waals surface area contributed by atoms with Crippen molar-refractivity contribution in [3.63, 3.8) is 0 Å². The Hall–Kier alpha value is -2.99. The highest BCUT2D eigenvalue weighted by molar-refractivity contribution is 6.30. The van der Waals surface area contributed by atoms with Gasteiger partial charge in [0.05, 0.1) is 7.11 Å². The van der Waals surface area contributed by atoms with Gasteiger partial charge in [-0.2, -0.15) is 0 Å². The molecule has 1 saturated heterocycles. The number of ether oxygens (including phenoxy) is 1. The van der Waals surface area contributed by atoms with E-state index in [4.69, 9.17) is 16.3 Å². The maximum atomic E-state index is 12.6. The van der Waals surface area contributed by atoms with Crippen molar-refractivity contribution in [2.24, 2.45) is 0 Å². The fourth-order valence-electron chi connectivity index (χ4n) is 3.15. The predicted molar refractivity (Wildman–Crippen MR) is 115 cm³/mol. The van der Waals surface area contributed by atoms with Gasteiger partial charge in [-0.1, -0.05) is 29.8 Å². The van der Waals surface area contributed by atoms with Crippen molar-refractivity contribution in [3.05, 3.63) is 65.2 Å². The lowest BCUT2D eigenvalue weighted by Crippen LogP contribution is -2.39. The molecular formula is C22H24ClN3O3. The van der Waals surface area contributed by atoms with Crippen molar-refractivity contribution in [3.8, 4) is 5.75 Å². The maximum Gasteiger partial charge on any atom is 0.321 e. The molecule has 1 aliphatic rings. The summed E-state index contributed by atoms with van der Waals surface area (Å²) in [6.07, 6.45) is 4.04. The summed E-state index contributed by atoms with van der Waals surface area (Å²) in [6, 6.07) is 14.3. The number of rotatable bonds is 4. The number of urea groups is 1. The van der Waals surface area contributed by atoms with E-state index in [2.05, 4.69) is 5.32 Å². The third kappa shape index (κ3) is 5.74. The highest BCUT2D eigenvalue weighted by Crippen LogP contribution is 2.19. The smallest absolute Gasteiger partial charge is 0.321 e. The average molecular weight is 414 g/mol. The Morgan fingerprint density at radius 3 is 2.45 bits per heavy atom. The second-order valence-corrected chi connectivity index (χ2v) is 7.11. The number of halogens is 1. The summed E-state index contributed by atoms with van der Waals surface area (Å²) in [5, 5.41) is 3.49. The average Bonchev–Trinajstić information content (AvgIpc) is 3.00. The molecule has 0 aliphatic carbocycles. The van der Waals surface area contributed by atoms with Crippen molar-refractivity contribution in [2.45, 2.75) is 6.42 Å². The van der Waals surface area contributed by atoms with Crippen LogP contribution in [-0.2, 0) is 4.79 Å². The first-order chi connectivity index (χ1) is 14.1. The topological polar surface area (TPSA) is 61.9 Å². The summed E-state index contributed by atoms with van der Waals surface area (Å²) in [4.78, 5) is 28.6. The molecule has 152 valence electrons. The minimum absolute atomic E-state index is 0.0733. The highest BCUT2D eigenvalue weighted by atomic mass is 35.5. The molecule has 0 atom stereocenters. The Kier molecular flexibility index (Phi) is 7.14. The highest BCUT2D eigenvalue weighted by Gasteiger charge is 2.21. The molecule has 29 heavy (non-hydrogen) atoms. The summed E-state index contributed by atoms with van der Waals surface area (Å²) in [5.41, 5.74) is 1.54. The van der Waals surface area contributed by atoms with Crippen molar-refractivity contribution >= 4 is 35.3 Å². The van der Waals surface area contributed by atoms with Crippen LogP contribution in [0.4, 0.5) is 10.5 Å². The first-order valence-corrected chi connectivity index (χ1v) is 9.86. The van der Waals surface area contributed by atoms with E-state index in [1.54, 1.807) is 53.3 Å². The summed E-state index contributed by atoms with van der Waals surface area (Å²) < 4.78 is 5.30. The van der Waals surface area contributed by atoms with Gasteiger partial charge in [0.15, 0.2) is 0 Å². The van der Waals surface area contributed by atoms with E-state index in [1.165, 1.54) is 0 Å². The predicted octanol–water partition coefficient (Wildman–Crippen LogP) is 4.13. The van der Waals surface area contributed by atoms with Gasteiger partial charge in [-0.25, -0.2) is 4.79 Å². The van der Waals surface area contributed by atoms with Crippen LogP contribution >= 0.6 is 11.6 Å². The van der Waals surface area contributed by atoms with Gasteiger partial charge in [0.25, 0.3) is 0 Å². The van der Waals surface area contributed by atoms with Gasteiger partial charge in [0, 0.05) is 48.5 Å². The summed E-state index contributed by atoms with van der Waals surface area (Å²) in [5.74, 6) is 0.647. The molecular weight excluding hydrogens is 390 g/mol. The lowest BCUT2D eigenvalue weighted by Gasteiger charge is -2.22. The van der Waals surface area contributed by atoms with E-state index in [0.717, 1.165) is 17.7 Å². The van der Waals surface area contributed by atoms with Gasteiger partial charge < -0.3 is 19.9 Å². The number of carbonyl (C=O) groups excluding carboxylic acids is 2. The number of methoxy groups -OCH3 is 1. The van der Waals surface area contributed by atoms with Crippen LogP contribution < -0.4 is 10.1 Å². The Bertz CT molecular complexity index is 883. The van der Waals surface area contributed by atoms with Crippen LogP contribution in [0.3, 0.4) is 0 Å². The van der Waals surface area contributed by atoms with E-state index in [-0.39, 0.29) is 11.9 Å². The molecule has 0 radical (unpaired) electrons. The summed E-state index contributed by atoms with van der Waals surface area (Å²) in [7, 11) is 1.60. The SMILES string of the molecule is COc1ccccc1/C=C/C(=O)N1CCCN(C(=O)Nc2ccc(Cl)cc2)CC1. The summed E-state index contributed by atoms with van der Waals surface area (Å²) in [6.45, 7) is 2.18. The van der Waals surface area contributed by atoms with E-state index >= 15 is 0 Å². The normalized spacial score (nSPS) is 14.6. The van der Waals surface area contributed by atoms with Gasteiger partial charge in [-0.15, -0.1) is 0 Å². The number of nitrogens with one attached hydrogen (secondary N) is 1. The Labute approximate surface area is 175 Å². The van der Waals surface area contributed by atoms with Crippen LogP contribution in [0.1, 0.15) is 12.0 Å². The van der Waals surface area contributed by atoms with Crippen LogP contribution in [0.2, 0.25) is 5.02 Å². The number of benzene rings is 2. The molecule has 1 aliphatic heterocycles. The number of carbonyl (C=O) groups is 2. The molecule has 2 aromatic carbocycles. The molecule has 3 rings (SSSR count). The molecule has 0 bridgehead atoms. The molecule has 2 aromatic rings. The largest absolute Gasteiger partial charge is 0.496 e. The molecule has 3 amide bonds. The molecule has 1 fully saturated rings. The lowest BCUT2D eigenvalue weighted by molar-refractivity contribution is -0.125. The number of para-hydroxylation sites is 1. The summed E-state index contributed by atoms with van der Waals surface area (Å²) >= 11 is 5.87. The molecule has 0 unspecified atom stereocenters. The van der Waals surface area contributed by atoms with Gasteiger partial charge in [0.1, 0.15) is 5.75 Å². The van der Waals surface area contributed by atoms with E-state index < -0.39 is 0 Å². The Morgan fingerprint density at radius 2 is 1.69 bits per heavy atom. The minimum Gasteiger partial charge on any atom is -0.496 e. The molecule has 0 aromatic heterocycles. The minimum atomic E-state index is -0.175. The van der Waals surface area contributed by atoms with E-state index in [9.17, 15) is 9.59 Å². The monoisotopic (exact) mass is 413 g/mol. The van der Waals surface area contributed by atoms with E-state index in [1.807, 2.05) is 24.3 Å². The zero-order valence-electron chi connectivity index (χ0n) is 16.3. The fraction of sp³-hybridized carbons (Fsp3) is 0.273. The standard InChI is InChI=1S/C22H24ClN3O3/c1-29-20-6-3-2-5-17(20)7-12-21(27)25-13-4-14-26(16-15-25)22(28)24-19-10-8-18(23)9-11-19/h2-3,5-12H,4,13-16H2,1H3,(H,24,28)/b12-7+.